The van der Waals surface area contributed by atoms with E-state index in [1.54, 1.807) is 0 Å². The van der Waals surface area contributed by atoms with Crippen LogP contribution in [0.2, 0.25) is 0 Å². The standard InChI is InChI=1S/C8H10N2O2/c1-5-8-6(9-11)3-2-4-7(8)12-10-5/h11H,2-4H2,1H3/b9-6-. The topological polar surface area (TPSA) is 58.6 Å². The molecule has 0 atom stereocenters. The molecule has 0 aromatic carbocycles. The van der Waals surface area contributed by atoms with Gasteiger partial charge in [0.2, 0.25) is 0 Å². The van der Waals surface area contributed by atoms with Crippen molar-refractivity contribution in [3.63, 3.8) is 0 Å². The summed E-state index contributed by atoms with van der Waals surface area (Å²) in [6.07, 6.45) is 2.68. The Hall–Kier alpha value is -1.32. The highest BCUT2D eigenvalue weighted by Gasteiger charge is 2.22. The van der Waals surface area contributed by atoms with Gasteiger partial charge >= 0.3 is 0 Å². The van der Waals surface area contributed by atoms with Gasteiger partial charge < -0.3 is 9.73 Å². The molecule has 4 nitrogen and oxygen atoms in total. The maximum atomic E-state index is 8.70. The van der Waals surface area contributed by atoms with Crippen molar-refractivity contribution in [1.82, 2.24) is 5.16 Å². The predicted octanol–water partition coefficient (Wildman–Crippen LogP) is 1.50. The van der Waals surface area contributed by atoms with Gasteiger partial charge in [0.05, 0.1) is 17.0 Å². The third-order valence-electron chi connectivity index (χ3n) is 2.16. The van der Waals surface area contributed by atoms with Crippen molar-refractivity contribution in [2.75, 3.05) is 0 Å². The molecule has 64 valence electrons. The van der Waals surface area contributed by atoms with E-state index in [0.717, 1.165) is 36.3 Å². The van der Waals surface area contributed by atoms with Crippen LogP contribution in [-0.4, -0.2) is 16.1 Å². The van der Waals surface area contributed by atoms with Crippen LogP contribution in [0.4, 0.5) is 0 Å². The Bertz CT molecular complexity index is 328. The minimum absolute atomic E-state index is 0.704. The molecule has 1 aliphatic carbocycles. The van der Waals surface area contributed by atoms with Crippen molar-refractivity contribution < 1.29 is 9.73 Å². The zero-order chi connectivity index (χ0) is 8.55. The maximum absolute atomic E-state index is 8.70. The molecule has 1 aromatic rings. The second kappa shape index (κ2) is 2.62. The zero-order valence-electron chi connectivity index (χ0n) is 6.87. The number of nitrogens with zero attached hydrogens (tertiary/aromatic N) is 2. The molecule has 0 bridgehead atoms. The van der Waals surface area contributed by atoms with Gasteiger partial charge in [-0.1, -0.05) is 10.3 Å². The molecular weight excluding hydrogens is 156 g/mol. The molecule has 0 fully saturated rings. The lowest BCUT2D eigenvalue weighted by molar-refractivity contribution is 0.316. The van der Waals surface area contributed by atoms with E-state index < -0.39 is 0 Å². The number of rotatable bonds is 0. The Morgan fingerprint density at radius 2 is 2.33 bits per heavy atom. The average molecular weight is 166 g/mol. The number of hydrogen-bond acceptors (Lipinski definition) is 4. The normalized spacial score (nSPS) is 19.6. The van der Waals surface area contributed by atoms with E-state index in [-0.39, 0.29) is 0 Å². The number of hydrogen-bond donors (Lipinski definition) is 1. The Morgan fingerprint density at radius 1 is 1.50 bits per heavy atom. The van der Waals surface area contributed by atoms with Crippen molar-refractivity contribution in [3.05, 3.63) is 17.0 Å². The van der Waals surface area contributed by atoms with Crippen molar-refractivity contribution in [2.45, 2.75) is 26.2 Å². The smallest absolute Gasteiger partial charge is 0.146 e. The lowest BCUT2D eigenvalue weighted by atomic mass is 9.95. The summed E-state index contributed by atoms with van der Waals surface area (Å²) in [7, 11) is 0. The van der Waals surface area contributed by atoms with E-state index >= 15 is 0 Å². The van der Waals surface area contributed by atoms with Crippen LogP contribution in [0.1, 0.15) is 29.9 Å². The molecule has 2 rings (SSSR count). The Morgan fingerprint density at radius 3 is 3.08 bits per heavy atom. The van der Waals surface area contributed by atoms with Crippen LogP contribution in [0.15, 0.2) is 9.68 Å². The second-order valence-corrected chi connectivity index (χ2v) is 2.97. The van der Waals surface area contributed by atoms with Crippen LogP contribution in [-0.2, 0) is 6.42 Å². The van der Waals surface area contributed by atoms with Crippen molar-refractivity contribution in [2.24, 2.45) is 5.16 Å². The van der Waals surface area contributed by atoms with E-state index in [1.165, 1.54) is 0 Å². The third-order valence-corrected chi connectivity index (χ3v) is 2.16. The summed E-state index contributed by atoms with van der Waals surface area (Å²) in [4.78, 5) is 0. The highest BCUT2D eigenvalue weighted by Crippen LogP contribution is 2.23. The number of aromatic nitrogens is 1. The van der Waals surface area contributed by atoms with Gasteiger partial charge in [-0.05, 0) is 19.8 Å². The van der Waals surface area contributed by atoms with Crippen LogP contribution >= 0.6 is 0 Å². The van der Waals surface area contributed by atoms with Crippen molar-refractivity contribution >= 4 is 5.71 Å². The summed E-state index contributed by atoms with van der Waals surface area (Å²) < 4.78 is 5.08. The Kier molecular flexibility index (Phi) is 1.60. The van der Waals surface area contributed by atoms with Crippen LogP contribution in [0.5, 0.6) is 0 Å². The third kappa shape index (κ3) is 0.913. The van der Waals surface area contributed by atoms with E-state index in [9.17, 15) is 0 Å². The Balaban J connectivity index is 2.55. The monoisotopic (exact) mass is 166 g/mol. The summed E-state index contributed by atoms with van der Waals surface area (Å²) >= 11 is 0. The highest BCUT2D eigenvalue weighted by molar-refractivity contribution is 6.02. The zero-order valence-corrected chi connectivity index (χ0v) is 6.87. The number of fused-ring (bicyclic) bond motifs is 1. The lowest BCUT2D eigenvalue weighted by Gasteiger charge is -2.09. The SMILES string of the molecule is Cc1noc2c1/C(=N\O)CCC2. The minimum atomic E-state index is 0.704. The fourth-order valence-corrected chi connectivity index (χ4v) is 1.60. The fraction of sp³-hybridized carbons (Fsp3) is 0.500. The molecular formula is C8H10N2O2. The summed E-state index contributed by atoms with van der Waals surface area (Å²) in [5.74, 6) is 0.853. The first kappa shape index (κ1) is 7.34. The van der Waals surface area contributed by atoms with E-state index in [0.29, 0.717) is 5.71 Å². The minimum Gasteiger partial charge on any atom is -0.411 e. The molecule has 0 amide bonds. The molecule has 0 unspecified atom stereocenters. The van der Waals surface area contributed by atoms with Crippen LogP contribution in [0.25, 0.3) is 0 Å². The summed E-state index contributed by atoms with van der Waals surface area (Å²) in [5.41, 5.74) is 2.43. The number of aryl methyl sites for hydroxylation is 2. The fourth-order valence-electron chi connectivity index (χ4n) is 1.60. The molecule has 0 saturated carbocycles. The lowest BCUT2D eigenvalue weighted by Crippen LogP contribution is -2.10. The first-order valence-electron chi connectivity index (χ1n) is 3.99. The predicted molar refractivity (Wildman–Crippen MR) is 42.5 cm³/mol. The second-order valence-electron chi connectivity index (χ2n) is 2.97. The average Bonchev–Trinajstić information content (AvgIpc) is 2.48. The maximum Gasteiger partial charge on any atom is 0.146 e. The molecule has 1 aliphatic rings. The van der Waals surface area contributed by atoms with Gasteiger partial charge in [-0.2, -0.15) is 0 Å². The van der Waals surface area contributed by atoms with E-state index in [1.807, 2.05) is 6.92 Å². The van der Waals surface area contributed by atoms with Crippen molar-refractivity contribution in [3.8, 4) is 0 Å². The molecule has 4 heteroatoms. The van der Waals surface area contributed by atoms with E-state index in [4.69, 9.17) is 9.73 Å². The molecule has 12 heavy (non-hydrogen) atoms. The molecule has 1 heterocycles. The van der Waals surface area contributed by atoms with Gasteiger partial charge in [0.25, 0.3) is 0 Å². The van der Waals surface area contributed by atoms with Crippen LogP contribution in [0, 0.1) is 6.92 Å². The highest BCUT2D eigenvalue weighted by atomic mass is 16.5. The molecule has 0 radical (unpaired) electrons. The van der Waals surface area contributed by atoms with Gasteiger partial charge in [-0.25, -0.2) is 0 Å². The van der Waals surface area contributed by atoms with Gasteiger partial charge in [-0.15, -0.1) is 0 Å². The molecule has 0 aliphatic heterocycles. The molecule has 1 N–H and O–H groups in total. The van der Waals surface area contributed by atoms with Gasteiger partial charge in [0.1, 0.15) is 5.76 Å². The number of oxime groups is 1. The van der Waals surface area contributed by atoms with E-state index in [2.05, 4.69) is 10.3 Å². The van der Waals surface area contributed by atoms with Crippen molar-refractivity contribution in [1.29, 1.82) is 0 Å². The summed E-state index contributed by atoms with van der Waals surface area (Å²) in [6.45, 7) is 1.86. The first-order chi connectivity index (χ1) is 5.83. The molecule has 0 spiro atoms. The molecule has 1 aromatic heterocycles. The Labute approximate surface area is 69.9 Å². The van der Waals surface area contributed by atoms with Crippen LogP contribution < -0.4 is 0 Å². The molecule has 0 saturated heterocycles. The summed E-state index contributed by atoms with van der Waals surface area (Å²) in [5, 5.41) is 15.8. The van der Waals surface area contributed by atoms with Gasteiger partial charge in [-0.3, -0.25) is 0 Å². The largest absolute Gasteiger partial charge is 0.411 e. The van der Waals surface area contributed by atoms with Gasteiger partial charge in [0.15, 0.2) is 0 Å². The van der Waals surface area contributed by atoms with Gasteiger partial charge in [0, 0.05) is 6.42 Å². The quantitative estimate of drug-likeness (QED) is 0.469. The van der Waals surface area contributed by atoms with Crippen LogP contribution in [0.3, 0.4) is 0 Å². The summed E-state index contributed by atoms with van der Waals surface area (Å²) in [6, 6.07) is 0. The first-order valence-corrected chi connectivity index (χ1v) is 3.99.